The van der Waals surface area contributed by atoms with Crippen LogP contribution in [-0.2, 0) is 9.59 Å². The predicted molar refractivity (Wildman–Crippen MR) is 98.3 cm³/mol. The van der Waals surface area contributed by atoms with Gasteiger partial charge in [0.1, 0.15) is 17.2 Å². The Bertz CT molecular complexity index is 886. The fraction of sp³-hybridized carbons (Fsp3) is 0.263. The molecule has 0 saturated heterocycles. The maximum Gasteiger partial charge on any atom is 0.250 e. The number of anilines is 2. The number of fused-ring (bicyclic) bond motifs is 1. The van der Waals surface area contributed by atoms with Crippen molar-refractivity contribution in [1.82, 2.24) is 0 Å². The first-order valence-electron chi connectivity index (χ1n) is 8.08. The van der Waals surface area contributed by atoms with Crippen molar-refractivity contribution in [1.29, 1.82) is 0 Å². The second-order valence-corrected chi connectivity index (χ2v) is 7.92. The number of carbonyl (C=O) groups is 2. The Balaban J connectivity index is 1.93. The van der Waals surface area contributed by atoms with E-state index in [-0.39, 0.29) is 16.7 Å². The number of rotatable bonds is 3. The van der Waals surface area contributed by atoms with Crippen molar-refractivity contribution in [2.75, 3.05) is 10.2 Å². The lowest BCUT2D eigenvalue weighted by atomic mass is 9.96. The van der Waals surface area contributed by atoms with E-state index in [1.807, 2.05) is 0 Å². The average molecular weight is 376 g/mol. The summed E-state index contributed by atoms with van der Waals surface area (Å²) in [7, 11) is 0. The lowest BCUT2D eigenvalue weighted by molar-refractivity contribution is -0.126. The molecule has 136 valence electrons. The zero-order chi connectivity index (χ0) is 19.1. The topological polar surface area (TPSA) is 49.4 Å². The maximum absolute atomic E-state index is 13.9. The number of nitrogens with one attached hydrogen (secondary N) is 1. The molecule has 0 radical (unpaired) electrons. The molecule has 4 nitrogen and oxygen atoms in total. The summed E-state index contributed by atoms with van der Waals surface area (Å²) < 4.78 is 27.0. The molecule has 7 heteroatoms. The van der Waals surface area contributed by atoms with E-state index in [1.54, 1.807) is 45.0 Å². The molecule has 1 atom stereocenters. The number of hydrogen-bond acceptors (Lipinski definition) is 3. The molecule has 0 fully saturated rings. The first kappa shape index (κ1) is 18.4. The van der Waals surface area contributed by atoms with Crippen LogP contribution in [-0.4, -0.2) is 22.6 Å². The molecule has 3 rings (SSSR count). The monoisotopic (exact) mass is 376 g/mol. The van der Waals surface area contributed by atoms with Crippen molar-refractivity contribution in [3.8, 4) is 0 Å². The fourth-order valence-corrected chi connectivity index (χ4v) is 3.75. The number of para-hydroxylation sites is 2. The van der Waals surface area contributed by atoms with E-state index in [0.29, 0.717) is 11.4 Å². The van der Waals surface area contributed by atoms with Crippen molar-refractivity contribution >= 4 is 35.0 Å². The number of carbonyl (C=O) groups excluding carboxylic acids is 2. The first-order chi connectivity index (χ1) is 12.2. The highest BCUT2D eigenvalue weighted by atomic mass is 32.2. The van der Waals surface area contributed by atoms with Gasteiger partial charge in [0.2, 0.25) is 11.8 Å². The number of hydrogen-bond donors (Lipinski definition) is 1. The van der Waals surface area contributed by atoms with Gasteiger partial charge < -0.3 is 5.32 Å². The molecule has 2 aromatic carbocycles. The number of benzene rings is 2. The van der Waals surface area contributed by atoms with Crippen LogP contribution in [0.1, 0.15) is 20.8 Å². The van der Waals surface area contributed by atoms with E-state index in [2.05, 4.69) is 5.32 Å². The normalized spacial score (nSPS) is 16.7. The van der Waals surface area contributed by atoms with Crippen LogP contribution in [0.25, 0.3) is 0 Å². The van der Waals surface area contributed by atoms with Crippen molar-refractivity contribution in [2.45, 2.75) is 36.5 Å². The average Bonchev–Trinajstić information content (AvgIpc) is 2.57. The molecule has 0 spiro atoms. The number of amides is 2. The van der Waals surface area contributed by atoms with E-state index in [4.69, 9.17) is 0 Å². The molecule has 26 heavy (non-hydrogen) atoms. The summed E-state index contributed by atoms with van der Waals surface area (Å²) in [5, 5.41) is 2.12. The minimum Gasteiger partial charge on any atom is -0.322 e. The standard InChI is InChI=1S/C19H18F2N2O2S/c1-11(26-16-9-8-12(20)10-13(16)21)17(24)23-15-7-5-4-6-14(15)22-18(25)19(23,2)3/h4-11H,1-3H3,(H,22,25)/t11-/m0/s1. The van der Waals surface area contributed by atoms with Gasteiger partial charge in [0.25, 0.3) is 0 Å². The van der Waals surface area contributed by atoms with Crippen LogP contribution in [0.4, 0.5) is 20.2 Å². The Morgan fingerprint density at radius 2 is 1.88 bits per heavy atom. The summed E-state index contributed by atoms with van der Waals surface area (Å²) in [5.41, 5.74) is 0.0474. The quantitative estimate of drug-likeness (QED) is 0.817. The van der Waals surface area contributed by atoms with Crippen LogP contribution in [0.2, 0.25) is 0 Å². The zero-order valence-electron chi connectivity index (χ0n) is 14.5. The molecule has 0 saturated carbocycles. The van der Waals surface area contributed by atoms with Crippen molar-refractivity contribution in [3.05, 3.63) is 54.1 Å². The van der Waals surface area contributed by atoms with Gasteiger partial charge in [0, 0.05) is 11.0 Å². The van der Waals surface area contributed by atoms with Crippen LogP contribution in [0.5, 0.6) is 0 Å². The fourth-order valence-electron chi connectivity index (χ4n) is 2.84. The SMILES string of the molecule is C[C@H](Sc1ccc(F)cc1F)C(=O)N1c2ccccc2NC(=O)C1(C)C. The molecule has 1 aliphatic rings. The van der Waals surface area contributed by atoms with Gasteiger partial charge in [-0.3, -0.25) is 14.5 Å². The third-order valence-corrected chi connectivity index (χ3v) is 5.41. The second-order valence-electron chi connectivity index (χ2n) is 6.54. The highest BCUT2D eigenvalue weighted by molar-refractivity contribution is 8.00. The Morgan fingerprint density at radius 3 is 2.58 bits per heavy atom. The van der Waals surface area contributed by atoms with Crippen molar-refractivity contribution in [3.63, 3.8) is 0 Å². The second kappa shape index (κ2) is 6.72. The highest BCUT2D eigenvalue weighted by Gasteiger charge is 2.44. The Labute approximate surface area is 154 Å². The lowest BCUT2D eigenvalue weighted by Gasteiger charge is -2.43. The largest absolute Gasteiger partial charge is 0.322 e. The van der Waals surface area contributed by atoms with Gasteiger partial charge >= 0.3 is 0 Å². The summed E-state index contributed by atoms with van der Waals surface area (Å²) in [6.07, 6.45) is 0. The Hall–Kier alpha value is -2.41. The molecule has 1 N–H and O–H groups in total. The summed E-state index contributed by atoms with van der Waals surface area (Å²) >= 11 is 0.993. The molecule has 0 aliphatic carbocycles. The minimum absolute atomic E-state index is 0.180. The molecule has 1 aliphatic heterocycles. The molecule has 0 aromatic heterocycles. The van der Waals surface area contributed by atoms with Gasteiger partial charge in [-0.1, -0.05) is 12.1 Å². The van der Waals surface area contributed by atoms with Gasteiger partial charge in [-0.05, 0) is 45.0 Å². The van der Waals surface area contributed by atoms with Crippen molar-refractivity contribution < 1.29 is 18.4 Å². The zero-order valence-corrected chi connectivity index (χ0v) is 15.4. The van der Waals surface area contributed by atoms with Crippen LogP contribution in [0.3, 0.4) is 0 Å². The van der Waals surface area contributed by atoms with E-state index < -0.39 is 22.4 Å². The molecular formula is C19H18F2N2O2S. The molecule has 2 amide bonds. The van der Waals surface area contributed by atoms with Crippen LogP contribution < -0.4 is 10.2 Å². The van der Waals surface area contributed by atoms with Gasteiger partial charge in [-0.15, -0.1) is 11.8 Å². The third kappa shape index (κ3) is 3.19. The summed E-state index contributed by atoms with van der Waals surface area (Å²) in [4.78, 5) is 27.2. The Morgan fingerprint density at radius 1 is 1.19 bits per heavy atom. The summed E-state index contributed by atoms with van der Waals surface area (Å²) in [5.74, 6) is -2.01. The summed E-state index contributed by atoms with van der Waals surface area (Å²) in [6, 6.07) is 10.3. The van der Waals surface area contributed by atoms with Crippen LogP contribution in [0, 0.1) is 11.6 Å². The number of thioether (sulfide) groups is 1. The minimum atomic E-state index is -1.10. The van der Waals surface area contributed by atoms with Gasteiger partial charge in [0.05, 0.1) is 16.6 Å². The van der Waals surface area contributed by atoms with Crippen LogP contribution in [0.15, 0.2) is 47.4 Å². The highest BCUT2D eigenvalue weighted by Crippen LogP contribution is 2.39. The maximum atomic E-state index is 13.9. The molecule has 2 aromatic rings. The molecule has 0 unspecified atom stereocenters. The first-order valence-corrected chi connectivity index (χ1v) is 8.96. The van der Waals surface area contributed by atoms with Crippen molar-refractivity contribution in [2.24, 2.45) is 0 Å². The third-order valence-electron chi connectivity index (χ3n) is 4.27. The van der Waals surface area contributed by atoms with Gasteiger partial charge in [0.15, 0.2) is 0 Å². The predicted octanol–water partition coefficient (Wildman–Crippen LogP) is 4.21. The van der Waals surface area contributed by atoms with E-state index in [0.717, 1.165) is 23.9 Å². The van der Waals surface area contributed by atoms with E-state index in [1.165, 1.54) is 11.0 Å². The van der Waals surface area contributed by atoms with Gasteiger partial charge in [-0.2, -0.15) is 0 Å². The van der Waals surface area contributed by atoms with E-state index >= 15 is 0 Å². The molecular weight excluding hydrogens is 358 g/mol. The molecule has 0 bridgehead atoms. The summed E-state index contributed by atoms with van der Waals surface area (Å²) in [6.45, 7) is 4.96. The Kier molecular flexibility index (Phi) is 4.75. The molecule has 1 heterocycles. The van der Waals surface area contributed by atoms with Gasteiger partial charge in [-0.25, -0.2) is 8.78 Å². The number of halogens is 2. The van der Waals surface area contributed by atoms with E-state index in [9.17, 15) is 18.4 Å². The smallest absolute Gasteiger partial charge is 0.250 e. The lowest BCUT2D eigenvalue weighted by Crippen LogP contribution is -2.60. The number of nitrogens with zero attached hydrogens (tertiary/aromatic N) is 1. The van der Waals surface area contributed by atoms with Crippen LogP contribution >= 0.6 is 11.8 Å².